The molecular weight excluding hydrogens is 360 g/mol. The number of halogens is 1. The van der Waals surface area contributed by atoms with Crippen LogP contribution in [0.5, 0.6) is 0 Å². The first-order valence-electron chi connectivity index (χ1n) is 8.80. The maximum Gasteiger partial charge on any atom is 0.230 e. The second kappa shape index (κ2) is 8.52. The Morgan fingerprint density at radius 1 is 1.24 bits per heavy atom. The van der Waals surface area contributed by atoms with Crippen LogP contribution < -0.4 is 5.32 Å². The zero-order chi connectivity index (χ0) is 18.5. The number of carbonyl (C=O) groups is 1. The summed E-state index contributed by atoms with van der Waals surface area (Å²) < 4.78 is 24.8. The number of nitrogens with zero attached hydrogens (tertiary/aromatic N) is 1. The Labute approximate surface area is 155 Å². The van der Waals surface area contributed by atoms with Crippen LogP contribution in [0.3, 0.4) is 0 Å². The minimum absolute atomic E-state index is 0.0355. The lowest BCUT2D eigenvalue weighted by molar-refractivity contribution is -0.126. The molecule has 1 amide bonds. The second-order valence-electron chi connectivity index (χ2n) is 6.63. The van der Waals surface area contributed by atoms with Crippen LogP contribution in [0.4, 0.5) is 0 Å². The molecule has 0 heterocycles. The molecule has 0 unspecified atom stereocenters. The molecule has 5 nitrogen and oxygen atoms in total. The summed E-state index contributed by atoms with van der Waals surface area (Å²) in [7, 11) is -1.59. The van der Waals surface area contributed by atoms with Crippen molar-refractivity contribution in [1.82, 2.24) is 9.62 Å². The molecule has 2 rings (SSSR count). The van der Waals surface area contributed by atoms with Crippen LogP contribution in [0.1, 0.15) is 44.6 Å². The van der Waals surface area contributed by atoms with Crippen molar-refractivity contribution in [2.24, 2.45) is 0 Å². The van der Waals surface area contributed by atoms with Gasteiger partial charge < -0.3 is 5.32 Å². The van der Waals surface area contributed by atoms with Gasteiger partial charge in [-0.3, -0.25) is 4.79 Å². The van der Waals surface area contributed by atoms with Gasteiger partial charge >= 0.3 is 0 Å². The van der Waals surface area contributed by atoms with Crippen LogP contribution in [-0.4, -0.2) is 44.5 Å². The summed E-state index contributed by atoms with van der Waals surface area (Å²) in [5.74, 6) is 0.128. The number of carbonyl (C=O) groups excluding carboxylic acids is 1. The molecule has 7 heteroatoms. The fraction of sp³-hybridized carbons (Fsp3) is 0.611. The summed E-state index contributed by atoms with van der Waals surface area (Å²) in [6.45, 7) is 2.51. The maximum atomic E-state index is 12.9. The SMILES string of the molecule is CCS(=O)(=O)N(C)CCCNC(=O)C1(c2ccc(Cl)cc2)CCCC1. The van der Waals surface area contributed by atoms with E-state index in [1.54, 1.807) is 14.0 Å². The van der Waals surface area contributed by atoms with Crippen LogP contribution in [-0.2, 0) is 20.2 Å². The topological polar surface area (TPSA) is 66.5 Å². The van der Waals surface area contributed by atoms with E-state index >= 15 is 0 Å². The lowest BCUT2D eigenvalue weighted by Crippen LogP contribution is -2.43. The van der Waals surface area contributed by atoms with Crippen molar-refractivity contribution in [1.29, 1.82) is 0 Å². The summed E-state index contributed by atoms with van der Waals surface area (Å²) in [6.07, 6.45) is 4.34. The number of benzene rings is 1. The third-order valence-electron chi connectivity index (χ3n) is 5.06. The average Bonchev–Trinajstić information content (AvgIpc) is 3.09. The minimum atomic E-state index is -3.17. The molecule has 0 aromatic heterocycles. The van der Waals surface area contributed by atoms with Gasteiger partial charge in [-0.2, -0.15) is 0 Å². The molecule has 0 aliphatic heterocycles. The monoisotopic (exact) mass is 386 g/mol. The molecule has 1 saturated carbocycles. The van der Waals surface area contributed by atoms with Gasteiger partial charge in [0, 0.05) is 25.2 Å². The number of amides is 1. The molecule has 1 fully saturated rings. The van der Waals surface area contributed by atoms with Crippen molar-refractivity contribution >= 4 is 27.5 Å². The molecule has 1 aliphatic rings. The van der Waals surface area contributed by atoms with E-state index in [-0.39, 0.29) is 11.7 Å². The average molecular weight is 387 g/mol. The highest BCUT2D eigenvalue weighted by Crippen LogP contribution is 2.41. The molecule has 1 aromatic carbocycles. The highest BCUT2D eigenvalue weighted by molar-refractivity contribution is 7.89. The van der Waals surface area contributed by atoms with Crippen LogP contribution in [0.15, 0.2) is 24.3 Å². The summed E-state index contributed by atoms with van der Waals surface area (Å²) in [6, 6.07) is 7.54. The minimum Gasteiger partial charge on any atom is -0.355 e. The Morgan fingerprint density at radius 3 is 2.40 bits per heavy atom. The number of nitrogens with one attached hydrogen (secondary N) is 1. The third kappa shape index (κ3) is 4.74. The van der Waals surface area contributed by atoms with Gasteiger partial charge in [0.1, 0.15) is 0 Å². The fourth-order valence-electron chi connectivity index (χ4n) is 3.43. The van der Waals surface area contributed by atoms with Crippen molar-refractivity contribution in [2.75, 3.05) is 25.9 Å². The van der Waals surface area contributed by atoms with Gasteiger partial charge in [-0.1, -0.05) is 36.6 Å². The zero-order valence-corrected chi connectivity index (χ0v) is 16.5. The van der Waals surface area contributed by atoms with Crippen molar-refractivity contribution in [3.63, 3.8) is 0 Å². The first kappa shape index (κ1) is 20.2. The largest absolute Gasteiger partial charge is 0.355 e. The Morgan fingerprint density at radius 2 is 1.84 bits per heavy atom. The van der Waals surface area contributed by atoms with Crippen LogP contribution in [0.2, 0.25) is 5.02 Å². The van der Waals surface area contributed by atoms with Gasteiger partial charge in [-0.05, 0) is 43.9 Å². The van der Waals surface area contributed by atoms with Gasteiger partial charge in [0.05, 0.1) is 11.2 Å². The van der Waals surface area contributed by atoms with Gasteiger partial charge in [0.15, 0.2) is 0 Å². The Hall–Kier alpha value is -1.11. The normalized spacial score (nSPS) is 17.0. The molecule has 140 valence electrons. The fourth-order valence-corrected chi connectivity index (χ4v) is 4.40. The molecule has 0 atom stereocenters. The van der Waals surface area contributed by atoms with Crippen LogP contribution in [0, 0.1) is 0 Å². The van der Waals surface area contributed by atoms with Crippen molar-refractivity contribution in [2.45, 2.75) is 44.4 Å². The van der Waals surface area contributed by atoms with Crippen LogP contribution >= 0.6 is 11.6 Å². The van der Waals surface area contributed by atoms with Crippen molar-refractivity contribution in [3.05, 3.63) is 34.9 Å². The van der Waals surface area contributed by atoms with E-state index in [1.165, 1.54) is 4.31 Å². The first-order valence-corrected chi connectivity index (χ1v) is 10.8. The summed E-state index contributed by atoms with van der Waals surface area (Å²) >= 11 is 5.97. The third-order valence-corrected chi connectivity index (χ3v) is 7.18. The summed E-state index contributed by atoms with van der Waals surface area (Å²) in [5.41, 5.74) is 0.531. The lowest BCUT2D eigenvalue weighted by Gasteiger charge is -2.28. The van der Waals surface area contributed by atoms with E-state index in [0.717, 1.165) is 31.2 Å². The summed E-state index contributed by atoms with van der Waals surface area (Å²) in [4.78, 5) is 12.9. The van der Waals surface area contributed by atoms with Gasteiger partial charge in [0.2, 0.25) is 15.9 Å². The number of hydrogen-bond donors (Lipinski definition) is 1. The molecule has 1 aliphatic carbocycles. The Bertz CT molecular complexity index is 683. The molecule has 0 spiro atoms. The molecule has 0 bridgehead atoms. The van der Waals surface area contributed by atoms with E-state index in [0.29, 0.717) is 24.5 Å². The molecule has 1 N–H and O–H groups in total. The first-order chi connectivity index (χ1) is 11.8. The second-order valence-corrected chi connectivity index (χ2v) is 9.43. The smallest absolute Gasteiger partial charge is 0.230 e. The number of hydrogen-bond acceptors (Lipinski definition) is 3. The highest BCUT2D eigenvalue weighted by atomic mass is 35.5. The highest BCUT2D eigenvalue weighted by Gasteiger charge is 2.42. The molecule has 0 radical (unpaired) electrons. The van der Waals surface area contributed by atoms with Gasteiger partial charge in [-0.25, -0.2) is 12.7 Å². The molecule has 0 saturated heterocycles. The van der Waals surface area contributed by atoms with Gasteiger partial charge in [-0.15, -0.1) is 0 Å². The van der Waals surface area contributed by atoms with Gasteiger partial charge in [0.25, 0.3) is 0 Å². The maximum absolute atomic E-state index is 12.9. The molecular formula is C18H27ClN2O3S. The number of rotatable bonds is 8. The van der Waals surface area contributed by atoms with E-state index in [2.05, 4.69) is 5.32 Å². The predicted octanol–water partition coefficient (Wildman–Crippen LogP) is 2.94. The van der Waals surface area contributed by atoms with Crippen LogP contribution in [0.25, 0.3) is 0 Å². The van der Waals surface area contributed by atoms with Crippen molar-refractivity contribution < 1.29 is 13.2 Å². The predicted molar refractivity (Wildman–Crippen MR) is 101 cm³/mol. The molecule has 25 heavy (non-hydrogen) atoms. The van der Waals surface area contributed by atoms with E-state index < -0.39 is 15.4 Å². The van der Waals surface area contributed by atoms with Crippen molar-refractivity contribution in [3.8, 4) is 0 Å². The van der Waals surface area contributed by atoms with E-state index in [1.807, 2.05) is 24.3 Å². The zero-order valence-electron chi connectivity index (χ0n) is 14.9. The van der Waals surface area contributed by atoms with E-state index in [4.69, 9.17) is 11.6 Å². The standard InChI is InChI=1S/C18H27ClN2O3S/c1-3-25(23,24)21(2)14-6-13-20-17(22)18(11-4-5-12-18)15-7-9-16(19)10-8-15/h7-10H,3-6,11-14H2,1-2H3,(H,20,22). The lowest BCUT2D eigenvalue weighted by atomic mass is 9.78. The quantitative estimate of drug-likeness (QED) is 0.698. The number of sulfonamides is 1. The Balaban J connectivity index is 1.95. The Kier molecular flexibility index (Phi) is 6.88. The molecule has 1 aromatic rings. The summed E-state index contributed by atoms with van der Waals surface area (Å²) in [5, 5.41) is 3.67. The van der Waals surface area contributed by atoms with E-state index in [9.17, 15) is 13.2 Å².